The van der Waals surface area contributed by atoms with Crippen LogP contribution in [0.25, 0.3) is 11.1 Å². The monoisotopic (exact) mass is 494 g/mol. The normalized spacial score (nSPS) is 20.0. The number of aromatic nitrogens is 4. The Morgan fingerprint density at radius 3 is 2.46 bits per heavy atom. The van der Waals surface area contributed by atoms with Crippen molar-refractivity contribution in [1.29, 1.82) is 0 Å². The highest BCUT2D eigenvalue weighted by molar-refractivity contribution is 5.99. The zero-order valence-electron chi connectivity index (χ0n) is 18.9. The van der Waals surface area contributed by atoms with Gasteiger partial charge in [-0.3, -0.25) is 9.48 Å². The average molecular weight is 494 g/mol. The van der Waals surface area contributed by atoms with Crippen molar-refractivity contribution in [3.05, 3.63) is 60.2 Å². The molecule has 1 aliphatic heterocycles. The molecule has 2 aromatic heterocycles. The molecule has 1 amide bonds. The number of amides is 1. The van der Waals surface area contributed by atoms with Crippen molar-refractivity contribution in [2.75, 3.05) is 18.4 Å². The molecule has 12 heteroatoms. The number of benzene rings is 1. The van der Waals surface area contributed by atoms with Crippen LogP contribution in [0.15, 0.2) is 48.9 Å². The summed E-state index contributed by atoms with van der Waals surface area (Å²) in [6.45, 7) is 0.771. The van der Waals surface area contributed by atoms with Gasteiger partial charge in [0.1, 0.15) is 0 Å². The van der Waals surface area contributed by atoms with E-state index >= 15 is 0 Å². The van der Waals surface area contributed by atoms with Gasteiger partial charge in [0.15, 0.2) is 5.69 Å². The number of hydrogen-bond acceptors (Lipinski definition) is 5. The molecule has 186 valence electrons. The Kier molecular flexibility index (Phi) is 6.48. The first-order valence-corrected chi connectivity index (χ1v) is 10.9. The lowest BCUT2D eigenvalue weighted by atomic mass is 9.88. The molecule has 7 nitrogen and oxygen atoms in total. The van der Waals surface area contributed by atoms with Gasteiger partial charge in [0.25, 0.3) is 11.8 Å². The van der Waals surface area contributed by atoms with Crippen molar-refractivity contribution < 1.29 is 26.7 Å². The highest BCUT2D eigenvalue weighted by Gasteiger charge is 2.47. The van der Waals surface area contributed by atoms with Gasteiger partial charge in [0.05, 0.1) is 18.2 Å². The van der Waals surface area contributed by atoms with Crippen molar-refractivity contribution in [3.8, 4) is 11.1 Å². The number of hydrogen-bond donors (Lipinski definition) is 1. The number of nitrogens with zero attached hydrogens (tertiary/aromatic N) is 5. The van der Waals surface area contributed by atoms with E-state index in [1.807, 2.05) is 6.07 Å². The number of rotatable bonds is 5. The number of carbonyl (C=O) groups is 1. The topological polar surface area (TPSA) is 75.9 Å². The summed E-state index contributed by atoms with van der Waals surface area (Å²) in [5.41, 5.74) is 0.263. The van der Waals surface area contributed by atoms with Crippen molar-refractivity contribution in [1.82, 2.24) is 24.6 Å². The van der Waals surface area contributed by atoms with Gasteiger partial charge in [0, 0.05) is 44.2 Å². The smallest absolute Gasteiger partial charge is 0.352 e. The van der Waals surface area contributed by atoms with Crippen LogP contribution in [0.2, 0.25) is 0 Å². The highest BCUT2D eigenvalue weighted by atomic mass is 19.4. The minimum absolute atomic E-state index is 0.0259. The maximum absolute atomic E-state index is 14.5. The Hall–Kier alpha value is -3.57. The van der Waals surface area contributed by atoms with Crippen molar-refractivity contribution in [2.24, 2.45) is 13.0 Å². The Balaban J connectivity index is 1.60. The number of nitrogens with one attached hydrogen (secondary N) is 1. The van der Waals surface area contributed by atoms with Crippen LogP contribution in [0.1, 0.15) is 29.4 Å². The van der Waals surface area contributed by atoms with E-state index in [9.17, 15) is 26.7 Å². The summed E-state index contributed by atoms with van der Waals surface area (Å²) in [4.78, 5) is 22.0. The molecule has 1 saturated heterocycles. The first-order valence-electron chi connectivity index (χ1n) is 10.9. The van der Waals surface area contributed by atoms with Crippen molar-refractivity contribution in [3.63, 3.8) is 0 Å². The molecule has 0 aliphatic carbocycles. The van der Waals surface area contributed by atoms with Crippen LogP contribution >= 0.6 is 0 Å². The molecular formula is C23H23F5N6O. The summed E-state index contributed by atoms with van der Waals surface area (Å²) < 4.78 is 68.8. The molecule has 0 spiro atoms. The molecule has 2 atom stereocenters. The summed E-state index contributed by atoms with van der Waals surface area (Å²) in [7, 11) is 1.64. The molecule has 1 aliphatic rings. The molecule has 3 aromatic rings. The van der Waals surface area contributed by atoms with Crippen molar-refractivity contribution >= 4 is 11.9 Å². The van der Waals surface area contributed by atoms with E-state index in [2.05, 4.69) is 20.4 Å². The van der Waals surface area contributed by atoms with Gasteiger partial charge in [-0.1, -0.05) is 37.3 Å². The number of aryl methyl sites for hydroxylation is 1. The summed E-state index contributed by atoms with van der Waals surface area (Å²) in [6.07, 6.45) is -2.10. The summed E-state index contributed by atoms with van der Waals surface area (Å²) >= 11 is 0. The minimum atomic E-state index is -4.58. The standard InChI is InChI=1S/C23H23F5N6O/c1-14-8-22(24,25)13-34(18(14)11-31-21-29-9-16(10-30-21)23(26,27)28)20(35)19-17(12-33(2)32-19)15-6-4-3-5-7-15/h3-7,9-10,12,14,18H,8,11,13H2,1-2H3,(H,29,30,31)/t14-,18?/m1/s1. The first-order chi connectivity index (χ1) is 16.4. The van der Waals surface area contributed by atoms with Crippen molar-refractivity contribution in [2.45, 2.75) is 31.5 Å². The van der Waals surface area contributed by atoms with Crippen LogP contribution in [-0.2, 0) is 13.2 Å². The molecule has 0 bridgehead atoms. The van der Waals surface area contributed by atoms with Crippen LogP contribution in [0.5, 0.6) is 0 Å². The third-order valence-corrected chi connectivity index (χ3v) is 5.90. The third-order valence-electron chi connectivity index (χ3n) is 5.90. The van der Waals surface area contributed by atoms with E-state index in [1.165, 1.54) is 4.68 Å². The number of piperidine rings is 1. The average Bonchev–Trinajstić information content (AvgIpc) is 3.19. The fourth-order valence-electron chi connectivity index (χ4n) is 4.25. The summed E-state index contributed by atoms with van der Waals surface area (Å²) in [5.74, 6) is -4.47. The minimum Gasteiger partial charge on any atom is -0.352 e. The van der Waals surface area contributed by atoms with Crippen LogP contribution in [0.3, 0.4) is 0 Å². The number of carbonyl (C=O) groups excluding carboxylic acids is 1. The SMILES string of the molecule is C[C@@H]1CC(F)(F)CN(C(=O)c2nn(C)cc2-c2ccccc2)C1CNc1ncc(C(F)(F)F)cn1. The molecule has 0 saturated carbocycles. The highest BCUT2D eigenvalue weighted by Crippen LogP contribution is 2.36. The summed E-state index contributed by atoms with van der Waals surface area (Å²) in [5, 5.41) is 7.03. The maximum Gasteiger partial charge on any atom is 0.419 e. The molecule has 4 rings (SSSR count). The van der Waals surface area contributed by atoms with Crippen LogP contribution in [-0.4, -0.2) is 55.6 Å². The van der Waals surface area contributed by atoms with Gasteiger partial charge in [-0.2, -0.15) is 18.3 Å². The van der Waals surface area contributed by atoms with Gasteiger partial charge in [-0.15, -0.1) is 0 Å². The second-order valence-corrected chi connectivity index (χ2v) is 8.64. The second kappa shape index (κ2) is 9.23. The molecule has 1 aromatic carbocycles. The molecule has 1 unspecified atom stereocenters. The Labute approximate surface area is 198 Å². The Morgan fingerprint density at radius 1 is 1.17 bits per heavy atom. The van der Waals surface area contributed by atoms with E-state index in [0.717, 1.165) is 4.90 Å². The van der Waals surface area contributed by atoms with Gasteiger partial charge in [-0.25, -0.2) is 18.7 Å². The fraction of sp³-hybridized carbons (Fsp3) is 0.391. The predicted octanol–water partition coefficient (Wildman–Crippen LogP) is 4.49. The fourth-order valence-corrected chi connectivity index (χ4v) is 4.25. The van der Waals surface area contributed by atoms with Gasteiger partial charge < -0.3 is 10.2 Å². The molecule has 3 heterocycles. The van der Waals surface area contributed by atoms with E-state index in [1.54, 1.807) is 44.4 Å². The lowest BCUT2D eigenvalue weighted by Gasteiger charge is -2.43. The predicted molar refractivity (Wildman–Crippen MR) is 118 cm³/mol. The quantitative estimate of drug-likeness (QED) is 0.529. The molecular weight excluding hydrogens is 471 g/mol. The lowest BCUT2D eigenvalue weighted by molar-refractivity contribution is -0.138. The molecule has 0 radical (unpaired) electrons. The molecule has 35 heavy (non-hydrogen) atoms. The second-order valence-electron chi connectivity index (χ2n) is 8.64. The molecule has 1 fully saturated rings. The number of alkyl halides is 5. The Morgan fingerprint density at radius 2 is 1.83 bits per heavy atom. The van der Waals surface area contributed by atoms with E-state index in [0.29, 0.717) is 23.5 Å². The van der Waals surface area contributed by atoms with E-state index < -0.39 is 48.5 Å². The van der Waals surface area contributed by atoms with Crippen LogP contribution < -0.4 is 5.32 Å². The largest absolute Gasteiger partial charge is 0.419 e. The van der Waals surface area contributed by atoms with Gasteiger partial charge in [0.2, 0.25) is 5.95 Å². The number of likely N-dealkylation sites (tertiary alicyclic amines) is 1. The van der Waals surface area contributed by atoms with Gasteiger partial charge >= 0.3 is 6.18 Å². The number of anilines is 1. The van der Waals surface area contributed by atoms with E-state index in [-0.39, 0.29) is 18.2 Å². The molecule has 1 N–H and O–H groups in total. The summed E-state index contributed by atoms with van der Waals surface area (Å²) in [6, 6.07) is 8.30. The zero-order chi connectivity index (χ0) is 25.4. The van der Waals surface area contributed by atoms with E-state index in [4.69, 9.17) is 0 Å². The number of halogens is 5. The van der Waals surface area contributed by atoms with Crippen LogP contribution in [0.4, 0.5) is 27.9 Å². The third kappa shape index (κ3) is 5.41. The first kappa shape index (κ1) is 24.6. The van der Waals surface area contributed by atoms with Gasteiger partial charge in [-0.05, 0) is 11.5 Å². The Bertz CT molecular complexity index is 1180. The maximum atomic E-state index is 14.5. The van der Waals surface area contributed by atoms with Crippen LogP contribution in [0, 0.1) is 5.92 Å². The zero-order valence-corrected chi connectivity index (χ0v) is 18.9. The lowest BCUT2D eigenvalue weighted by Crippen LogP contribution is -2.57.